The maximum absolute atomic E-state index is 5.76. The topological polar surface area (TPSA) is 48.9 Å². The van der Waals surface area contributed by atoms with Crippen LogP contribution in [0.15, 0.2) is 29.3 Å². The molecule has 0 saturated carbocycles. The van der Waals surface area contributed by atoms with Crippen molar-refractivity contribution in [1.82, 2.24) is 15.5 Å². The molecule has 0 heterocycles. The summed E-state index contributed by atoms with van der Waals surface area (Å²) in [4.78, 5) is 6.81. The van der Waals surface area contributed by atoms with E-state index in [0.717, 1.165) is 44.2 Å². The van der Waals surface area contributed by atoms with Crippen molar-refractivity contribution in [2.24, 2.45) is 4.99 Å². The van der Waals surface area contributed by atoms with Gasteiger partial charge in [0.15, 0.2) is 5.96 Å². The summed E-state index contributed by atoms with van der Waals surface area (Å²) >= 11 is 0. The number of nitrogens with zero attached hydrogens (tertiary/aromatic N) is 2. The van der Waals surface area contributed by atoms with Crippen LogP contribution in [-0.2, 0) is 6.54 Å². The van der Waals surface area contributed by atoms with E-state index < -0.39 is 0 Å². The third-order valence-corrected chi connectivity index (χ3v) is 3.70. The summed E-state index contributed by atoms with van der Waals surface area (Å²) in [6.45, 7) is 9.72. The summed E-state index contributed by atoms with van der Waals surface area (Å²) in [5.41, 5.74) is 1.18. The van der Waals surface area contributed by atoms with Crippen molar-refractivity contribution in [2.45, 2.75) is 46.2 Å². The number of benzene rings is 1. The Morgan fingerprint density at radius 3 is 2.50 bits per heavy atom. The Labute approximate surface area is 147 Å². The van der Waals surface area contributed by atoms with Gasteiger partial charge in [0, 0.05) is 19.1 Å². The number of ether oxygens (including phenoxy) is 1. The van der Waals surface area contributed by atoms with E-state index in [-0.39, 0.29) is 0 Å². The molecule has 0 fully saturated rings. The molecule has 1 aromatic carbocycles. The second kappa shape index (κ2) is 11.7. The molecular formula is C19H34N4O. The maximum Gasteiger partial charge on any atom is 0.191 e. The Balaban J connectivity index is 2.47. The smallest absolute Gasteiger partial charge is 0.191 e. The van der Waals surface area contributed by atoms with Crippen molar-refractivity contribution in [1.29, 1.82) is 0 Å². The van der Waals surface area contributed by atoms with Crippen LogP contribution in [0, 0.1) is 0 Å². The van der Waals surface area contributed by atoms with Gasteiger partial charge < -0.3 is 20.3 Å². The van der Waals surface area contributed by atoms with Gasteiger partial charge in [-0.25, -0.2) is 4.99 Å². The van der Waals surface area contributed by atoms with Gasteiger partial charge in [0.25, 0.3) is 0 Å². The number of rotatable bonds is 10. The first-order chi connectivity index (χ1) is 11.5. The largest absolute Gasteiger partial charge is 0.494 e. The van der Waals surface area contributed by atoms with Crippen LogP contribution in [0.25, 0.3) is 0 Å². The van der Waals surface area contributed by atoms with Crippen LogP contribution in [0.3, 0.4) is 0 Å². The Morgan fingerprint density at radius 2 is 1.92 bits per heavy atom. The fourth-order valence-electron chi connectivity index (χ4n) is 2.09. The van der Waals surface area contributed by atoms with Crippen LogP contribution < -0.4 is 15.4 Å². The zero-order valence-electron chi connectivity index (χ0n) is 15.9. The zero-order valence-corrected chi connectivity index (χ0v) is 15.9. The van der Waals surface area contributed by atoms with Gasteiger partial charge in [-0.2, -0.15) is 0 Å². The first kappa shape index (κ1) is 20.3. The van der Waals surface area contributed by atoms with Gasteiger partial charge in [-0.1, -0.05) is 19.1 Å². The summed E-state index contributed by atoms with van der Waals surface area (Å²) in [7, 11) is 4.15. The molecule has 0 radical (unpaired) electrons. The molecule has 1 rings (SSSR count). The molecule has 0 aliphatic carbocycles. The molecule has 0 aromatic heterocycles. The molecule has 5 heteroatoms. The molecule has 136 valence electrons. The maximum atomic E-state index is 5.76. The van der Waals surface area contributed by atoms with Gasteiger partial charge in [0.2, 0.25) is 0 Å². The van der Waals surface area contributed by atoms with Crippen molar-refractivity contribution in [3.8, 4) is 5.75 Å². The lowest BCUT2D eigenvalue weighted by molar-refractivity contribution is 0.281. The van der Waals surface area contributed by atoms with Gasteiger partial charge in [0.05, 0.1) is 13.2 Å². The number of hydrogen-bond donors (Lipinski definition) is 2. The van der Waals surface area contributed by atoms with Gasteiger partial charge in [-0.05, 0) is 58.5 Å². The average molecular weight is 335 g/mol. The van der Waals surface area contributed by atoms with Gasteiger partial charge in [0.1, 0.15) is 5.75 Å². The molecule has 0 saturated heterocycles. The summed E-state index contributed by atoms with van der Waals surface area (Å²) in [5.74, 6) is 1.79. The fourth-order valence-corrected chi connectivity index (χ4v) is 2.09. The molecule has 0 aliphatic rings. The Bertz CT molecular complexity index is 471. The number of nitrogens with one attached hydrogen (secondary N) is 2. The van der Waals surface area contributed by atoms with Crippen molar-refractivity contribution in [3.05, 3.63) is 29.8 Å². The number of guanidine groups is 1. The van der Waals surface area contributed by atoms with Gasteiger partial charge in [-0.15, -0.1) is 0 Å². The van der Waals surface area contributed by atoms with E-state index >= 15 is 0 Å². The molecule has 1 aromatic rings. The Hall–Kier alpha value is -1.75. The molecule has 5 nitrogen and oxygen atoms in total. The lowest BCUT2D eigenvalue weighted by Crippen LogP contribution is -2.41. The van der Waals surface area contributed by atoms with E-state index in [1.165, 1.54) is 5.56 Å². The van der Waals surface area contributed by atoms with Crippen molar-refractivity contribution < 1.29 is 4.74 Å². The van der Waals surface area contributed by atoms with Crippen LogP contribution in [0.4, 0.5) is 0 Å². The third-order valence-electron chi connectivity index (χ3n) is 3.70. The number of aliphatic imine (C=N–C) groups is 1. The van der Waals surface area contributed by atoms with Gasteiger partial charge in [-0.3, -0.25) is 0 Å². The van der Waals surface area contributed by atoms with E-state index in [0.29, 0.717) is 12.6 Å². The zero-order chi connectivity index (χ0) is 17.8. The van der Waals surface area contributed by atoms with E-state index in [2.05, 4.69) is 67.5 Å². The predicted octanol–water partition coefficient (Wildman–Crippen LogP) is 2.87. The van der Waals surface area contributed by atoms with Crippen LogP contribution in [0.1, 0.15) is 39.2 Å². The van der Waals surface area contributed by atoms with E-state index in [1.807, 2.05) is 12.1 Å². The predicted molar refractivity (Wildman–Crippen MR) is 103 cm³/mol. The molecule has 2 N–H and O–H groups in total. The molecule has 0 amide bonds. The summed E-state index contributed by atoms with van der Waals surface area (Å²) in [6, 6.07) is 8.63. The molecule has 0 spiro atoms. The van der Waals surface area contributed by atoms with Crippen LogP contribution in [0.5, 0.6) is 5.75 Å². The van der Waals surface area contributed by atoms with E-state index in [9.17, 15) is 0 Å². The lowest BCUT2D eigenvalue weighted by atomic mass is 10.2. The molecular weight excluding hydrogens is 300 g/mol. The fraction of sp³-hybridized carbons (Fsp3) is 0.632. The minimum absolute atomic E-state index is 0.417. The minimum atomic E-state index is 0.417. The Morgan fingerprint density at radius 1 is 1.21 bits per heavy atom. The van der Waals surface area contributed by atoms with Gasteiger partial charge >= 0.3 is 0 Å². The van der Waals surface area contributed by atoms with Crippen molar-refractivity contribution >= 4 is 5.96 Å². The first-order valence-electron chi connectivity index (χ1n) is 8.96. The van der Waals surface area contributed by atoms with Crippen molar-refractivity contribution in [3.63, 3.8) is 0 Å². The molecule has 0 aliphatic heterocycles. The summed E-state index contributed by atoms with van der Waals surface area (Å²) in [5, 5.41) is 6.69. The van der Waals surface area contributed by atoms with E-state index in [4.69, 9.17) is 4.74 Å². The highest BCUT2D eigenvalue weighted by atomic mass is 16.5. The average Bonchev–Trinajstić information content (AvgIpc) is 2.57. The second-order valence-electron chi connectivity index (χ2n) is 6.30. The molecule has 24 heavy (non-hydrogen) atoms. The van der Waals surface area contributed by atoms with E-state index in [1.54, 1.807) is 0 Å². The first-order valence-corrected chi connectivity index (χ1v) is 8.96. The molecule has 1 atom stereocenters. The molecule has 0 bridgehead atoms. The third kappa shape index (κ3) is 8.77. The highest BCUT2D eigenvalue weighted by Crippen LogP contribution is 2.13. The van der Waals surface area contributed by atoms with Crippen LogP contribution in [-0.4, -0.2) is 50.7 Å². The summed E-state index contributed by atoms with van der Waals surface area (Å²) < 4.78 is 5.76. The summed E-state index contributed by atoms with van der Waals surface area (Å²) in [6.07, 6.45) is 2.11. The second-order valence-corrected chi connectivity index (χ2v) is 6.30. The monoisotopic (exact) mass is 334 g/mol. The number of hydrogen-bond acceptors (Lipinski definition) is 3. The SMILES string of the molecule is CCNC(=NCc1ccc(OCCCN(C)C)cc1)NC(C)CC. The van der Waals surface area contributed by atoms with Crippen LogP contribution >= 0.6 is 0 Å². The minimum Gasteiger partial charge on any atom is -0.494 e. The lowest BCUT2D eigenvalue weighted by Gasteiger charge is -2.16. The quantitative estimate of drug-likeness (QED) is 0.392. The van der Waals surface area contributed by atoms with Crippen LogP contribution in [0.2, 0.25) is 0 Å². The van der Waals surface area contributed by atoms with Crippen molar-refractivity contribution in [2.75, 3.05) is 33.8 Å². The standard InChI is InChI=1S/C19H34N4O/c1-6-16(3)22-19(20-7-2)21-15-17-9-11-18(12-10-17)24-14-8-13-23(4)5/h9-12,16H,6-8,13-15H2,1-5H3,(H2,20,21,22). The normalized spacial score (nSPS) is 13.0. The highest BCUT2D eigenvalue weighted by Gasteiger charge is 2.02. The highest BCUT2D eigenvalue weighted by molar-refractivity contribution is 5.80. The molecule has 1 unspecified atom stereocenters. The Kier molecular flexibility index (Phi) is 9.92.